The second kappa shape index (κ2) is 16.0. The minimum Gasteiger partial charge on any atom is -0.493 e. The number of amides is 1. The number of unbranched alkanes of at least 4 members (excludes halogenated alkanes) is 2. The summed E-state index contributed by atoms with van der Waals surface area (Å²) in [5.41, 5.74) is 0.185. The lowest BCUT2D eigenvalue weighted by molar-refractivity contribution is -0.123. The molecule has 1 amide bonds. The van der Waals surface area contributed by atoms with Crippen LogP contribution in [0, 0.1) is 0 Å². The Morgan fingerprint density at radius 3 is 2.38 bits per heavy atom. The summed E-state index contributed by atoms with van der Waals surface area (Å²) in [6, 6.07) is 7.61. The number of rotatable bonds is 19. The minimum absolute atomic E-state index is 0.0598. The van der Waals surface area contributed by atoms with E-state index in [-0.39, 0.29) is 17.0 Å². The predicted molar refractivity (Wildman–Crippen MR) is 148 cm³/mol. The normalized spacial score (nSPS) is 12.1. The van der Waals surface area contributed by atoms with Gasteiger partial charge in [-0.3, -0.25) is 4.79 Å². The highest BCUT2D eigenvalue weighted by atomic mass is 32.2. The molecule has 0 aliphatic heterocycles. The van der Waals surface area contributed by atoms with Gasteiger partial charge in [0, 0.05) is 43.8 Å². The van der Waals surface area contributed by atoms with E-state index in [1.807, 2.05) is 44.4 Å². The van der Waals surface area contributed by atoms with Gasteiger partial charge in [-0.2, -0.15) is 0 Å². The van der Waals surface area contributed by atoms with Gasteiger partial charge in [0.15, 0.2) is 0 Å². The third kappa shape index (κ3) is 12.8. The quantitative estimate of drug-likeness (QED) is 0.165. The lowest BCUT2D eigenvalue weighted by atomic mass is 10.00. The Hall–Kier alpha value is -2.10. The number of carbonyl (C=O) groups is 1. The van der Waals surface area contributed by atoms with Gasteiger partial charge in [-0.25, -0.2) is 0 Å². The summed E-state index contributed by atoms with van der Waals surface area (Å²) in [6.07, 6.45) is 8.06. The van der Waals surface area contributed by atoms with Crippen molar-refractivity contribution in [3.05, 3.63) is 24.3 Å². The van der Waals surface area contributed by atoms with E-state index in [2.05, 4.69) is 36.3 Å². The molecule has 9 heteroatoms. The van der Waals surface area contributed by atoms with Crippen LogP contribution in [-0.4, -0.2) is 59.9 Å². The number of carbonyl (C=O) groups excluding carboxylic acids is 1. The van der Waals surface area contributed by atoms with Crippen LogP contribution in [0.25, 0.3) is 11.5 Å². The first-order valence-electron chi connectivity index (χ1n) is 13.3. The molecular formula is C28H45N3O5S. The summed E-state index contributed by atoms with van der Waals surface area (Å²) in [5.74, 6) is 1.33. The van der Waals surface area contributed by atoms with E-state index in [4.69, 9.17) is 18.6 Å². The highest BCUT2D eigenvalue weighted by Crippen LogP contribution is 2.24. The second-order valence-electron chi connectivity index (χ2n) is 10.4. The van der Waals surface area contributed by atoms with Crippen LogP contribution in [0.15, 0.2) is 33.9 Å². The molecule has 8 nitrogen and oxygen atoms in total. The summed E-state index contributed by atoms with van der Waals surface area (Å²) in [4.78, 5) is 12.3. The number of hydrogen-bond donors (Lipinski definition) is 1. The number of hydrogen-bond acceptors (Lipinski definition) is 8. The standard InChI is InChI=1S/C28H45N3O5S/c1-7-8-9-18-33-19-10-11-24(32)29-27(2,3)16-21-35-28(4,5)17-20-34-23-14-12-22(13-15-23)25-30-31-26(36-25)37-6/h12-15H,7-11,16-21H2,1-6H3,(H,29,32). The van der Waals surface area contributed by atoms with E-state index < -0.39 is 0 Å². The number of nitrogens with zero attached hydrogens (tertiary/aromatic N) is 2. The fourth-order valence-electron chi connectivity index (χ4n) is 3.57. The number of thioether (sulfide) groups is 1. The van der Waals surface area contributed by atoms with E-state index in [9.17, 15) is 4.79 Å². The van der Waals surface area contributed by atoms with E-state index >= 15 is 0 Å². The molecule has 0 unspecified atom stereocenters. The van der Waals surface area contributed by atoms with Gasteiger partial charge in [-0.15, -0.1) is 10.2 Å². The molecule has 2 aromatic rings. The molecular weight excluding hydrogens is 490 g/mol. The van der Waals surface area contributed by atoms with E-state index in [1.165, 1.54) is 24.6 Å². The molecule has 0 bridgehead atoms. The number of benzene rings is 1. The van der Waals surface area contributed by atoms with Gasteiger partial charge in [0.2, 0.25) is 11.8 Å². The summed E-state index contributed by atoms with van der Waals surface area (Å²) < 4.78 is 23.2. The summed E-state index contributed by atoms with van der Waals surface area (Å²) in [7, 11) is 0. The molecule has 1 N–H and O–H groups in total. The largest absolute Gasteiger partial charge is 0.493 e. The van der Waals surface area contributed by atoms with Crippen molar-refractivity contribution in [1.29, 1.82) is 0 Å². The van der Waals surface area contributed by atoms with E-state index in [1.54, 1.807) is 0 Å². The third-order valence-corrected chi connectivity index (χ3v) is 6.45. The minimum atomic E-state index is -0.340. The van der Waals surface area contributed by atoms with E-state index in [0.29, 0.717) is 37.4 Å². The van der Waals surface area contributed by atoms with E-state index in [0.717, 1.165) is 43.6 Å². The number of ether oxygens (including phenoxy) is 3. The molecule has 37 heavy (non-hydrogen) atoms. The molecule has 0 radical (unpaired) electrons. The van der Waals surface area contributed by atoms with Crippen molar-refractivity contribution in [2.45, 2.75) is 95.9 Å². The summed E-state index contributed by atoms with van der Waals surface area (Å²) in [6.45, 7) is 12.9. The van der Waals surface area contributed by atoms with Crippen LogP contribution in [0.2, 0.25) is 0 Å². The number of nitrogens with one attached hydrogen (secondary N) is 1. The Balaban J connectivity index is 1.62. The molecule has 1 heterocycles. The Labute approximate surface area is 226 Å². The van der Waals surface area contributed by atoms with Crippen molar-refractivity contribution < 1.29 is 23.4 Å². The zero-order valence-electron chi connectivity index (χ0n) is 23.4. The highest BCUT2D eigenvalue weighted by molar-refractivity contribution is 7.98. The average Bonchev–Trinajstić information content (AvgIpc) is 3.32. The van der Waals surface area contributed by atoms with Crippen LogP contribution in [0.3, 0.4) is 0 Å². The summed E-state index contributed by atoms with van der Waals surface area (Å²) in [5, 5.41) is 11.7. The van der Waals surface area contributed by atoms with Gasteiger partial charge in [0.25, 0.3) is 5.22 Å². The molecule has 0 fully saturated rings. The van der Waals surface area contributed by atoms with Gasteiger partial charge in [-0.05, 0) is 77.5 Å². The van der Waals surface area contributed by atoms with Crippen molar-refractivity contribution in [1.82, 2.24) is 15.5 Å². The Morgan fingerprint density at radius 1 is 0.973 bits per heavy atom. The Bertz CT molecular complexity index is 915. The molecule has 0 saturated heterocycles. The second-order valence-corrected chi connectivity index (χ2v) is 11.2. The van der Waals surface area contributed by atoms with Crippen molar-refractivity contribution in [2.75, 3.05) is 32.7 Å². The van der Waals surface area contributed by atoms with Crippen molar-refractivity contribution in [3.8, 4) is 17.2 Å². The smallest absolute Gasteiger partial charge is 0.276 e. The SMILES string of the molecule is CCCCCOCCCC(=O)NC(C)(C)CCOC(C)(C)CCOc1ccc(-c2nnc(SC)o2)cc1. The van der Waals surface area contributed by atoms with Gasteiger partial charge < -0.3 is 23.9 Å². The van der Waals surface area contributed by atoms with Crippen LogP contribution in [0.5, 0.6) is 5.75 Å². The Kier molecular flexibility index (Phi) is 13.5. The van der Waals surface area contributed by atoms with Crippen LogP contribution < -0.4 is 10.1 Å². The molecule has 0 saturated carbocycles. The van der Waals surface area contributed by atoms with Crippen LogP contribution >= 0.6 is 11.8 Å². The monoisotopic (exact) mass is 535 g/mol. The molecule has 1 aromatic carbocycles. The first-order valence-corrected chi connectivity index (χ1v) is 14.5. The molecule has 0 atom stereocenters. The molecule has 2 rings (SSSR count). The van der Waals surface area contributed by atoms with Crippen LogP contribution in [-0.2, 0) is 14.3 Å². The van der Waals surface area contributed by atoms with Crippen LogP contribution in [0.4, 0.5) is 0 Å². The third-order valence-electron chi connectivity index (χ3n) is 5.94. The Morgan fingerprint density at radius 2 is 1.70 bits per heavy atom. The maximum atomic E-state index is 12.3. The predicted octanol–water partition coefficient (Wildman–Crippen LogP) is 6.29. The number of aromatic nitrogens is 2. The molecule has 0 aliphatic carbocycles. The van der Waals surface area contributed by atoms with Crippen molar-refractivity contribution in [3.63, 3.8) is 0 Å². The molecule has 208 valence electrons. The maximum absolute atomic E-state index is 12.3. The van der Waals surface area contributed by atoms with Gasteiger partial charge in [0.05, 0.1) is 12.2 Å². The fraction of sp³-hybridized carbons (Fsp3) is 0.679. The molecule has 1 aromatic heterocycles. The maximum Gasteiger partial charge on any atom is 0.276 e. The van der Waals surface area contributed by atoms with Crippen molar-refractivity contribution in [2.24, 2.45) is 0 Å². The molecule has 0 spiro atoms. The topological polar surface area (TPSA) is 95.7 Å². The first kappa shape index (κ1) is 31.1. The van der Waals surface area contributed by atoms with Crippen LogP contribution in [0.1, 0.15) is 79.6 Å². The first-order chi connectivity index (χ1) is 17.6. The van der Waals surface area contributed by atoms with Gasteiger partial charge in [-0.1, -0.05) is 31.5 Å². The lowest BCUT2D eigenvalue weighted by Crippen LogP contribution is -2.44. The lowest BCUT2D eigenvalue weighted by Gasteiger charge is -2.30. The summed E-state index contributed by atoms with van der Waals surface area (Å²) >= 11 is 1.42. The average molecular weight is 536 g/mol. The van der Waals surface area contributed by atoms with Crippen molar-refractivity contribution >= 4 is 17.7 Å². The fourth-order valence-corrected chi connectivity index (χ4v) is 3.85. The molecule has 0 aliphatic rings. The zero-order valence-corrected chi connectivity index (χ0v) is 24.2. The zero-order chi connectivity index (χ0) is 27.2. The van der Waals surface area contributed by atoms with Gasteiger partial charge in [0.1, 0.15) is 5.75 Å². The van der Waals surface area contributed by atoms with Gasteiger partial charge >= 0.3 is 0 Å². The highest BCUT2D eigenvalue weighted by Gasteiger charge is 2.23.